The fourth-order valence-corrected chi connectivity index (χ4v) is 3.42. The smallest absolute Gasteiger partial charge is 0.264 e. The minimum Gasteiger partial charge on any atom is -0.267 e. The van der Waals surface area contributed by atoms with E-state index in [0.29, 0.717) is 17.1 Å². The van der Waals surface area contributed by atoms with Gasteiger partial charge in [0.05, 0.1) is 10.6 Å². The summed E-state index contributed by atoms with van der Waals surface area (Å²) in [5.74, 6) is 0. The Bertz CT molecular complexity index is 634. The van der Waals surface area contributed by atoms with E-state index in [1.54, 1.807) is 30.3 Å². The molecular formula is C15H17NO2S. The average molecular weight is 275 g/mol. The summed E-state index contributed by atoms with van der Waals surface area (Å²) >= 11 is 0. The summed E-state index contributed by atoms with van der Waals surface area (Å²) in [4.78, 5) is 0.317. The summed E-state index contributed by atoms with van der Waals surface area (Å²) in [5, 5.41) is 0. The van der Waals surface area contributed by atoms with Crippen molar-refractivity contribution < 1.29 is 8.42 Å². The van der Waals surface area contributed by atoms with Gasteiger partial charge in [0.25, 0.3) is 10.0 Å². The van der Waals surface area contributed by atoms with Crippen LogP contribution < -0.4 is 4.31 Å². The SMILES string of the molecule is CCN(c1ccc(C)cc1)S(=O)(=O)c1ccccc1. The number of sulfonamides is 1. The van der Waals surface area contributed by atoms with Crippen LogP contribution in [0.3, 0.4) is 0 Å². The van der Waals surface area contributed by atoms with Crippen molar-refractivity contribution in [1.82, 2.24) is 0 Å². The highest BCUT2D eigenvalue weighted by molar-refractivity contribution is 7.92. The van der Waals surface area contributed by atoms with Gasteiger partial charge in [-0.1, -0.05) is 35.9 Å². The lowest BCUT2D eigenvalue weighted by molar-refractivity contribution is 0.592. The van der Waals surface area contributed by atoms with Crippen molar-refractivity contribution in [1.29, 1.82) is 0 Å². The number of nitrogens with zero attached hydrogens (tertiary/aromatic N) is 1. The van der Waals surface area contributed by atoms with Crippen molar-refractivity contribution in [2.75, 3.05) is 10.8 Å². The first-order chi connectivity index (χ1) is 9.05. The quantitative estimate of drug-likeness (QED) is 0.859. The van der Waals surface area contributed by atoms with E-state index in [1.807, 2.05) is 38.1 Å². The van der Waals surface area contributed by atoms with Gasteiger partial charge in [0, 0.05) is 6.54 Å². The molecule has 19 heavy (non-hydrogen) atoms. The molecule has 0 aliphatic heterocycles. The third-order valence-electron chi connectivity index (χ3n) is 2.94. The van der Waals surface area contributed by atoms with Crippen molar-refractivity contribution in [3.63, 3.8) is 0 Å². The molecule has 2 aromatic carbocycles. The largest absolute Gasteiger partial charge is 0.267 e. The molecule has 0 spiro atoms. The van der Waals surface area contributed by atoms with Crippen LogP contribution in [0.2, 0.25) is 0 Å². The molecule has 0 atom stereocenters. The molecule has 4 heteroatoms. The monoisotopic (exact) mass is 275 g/mol. The first-order valence-corrected chi connectivity index (χ1v) is 7.64. The molecule has 0 aliphatic rings. The molecule has 0 radical (unpaired) electrons. The first kappa shape index (κ1) is 13.6. The van der Waals surface area contributed by atoms with Gasteiger partial charge in [-0.25, -0.2) is 8.42 Å². The van der Waals surface area contributed by atoms with Crippen molar-refractivity contribution in [3.05, 3.63) is 60.2 Å². The van der Waals surface area contributed by atoms with Gasteiger partial charge in [-0.15, -0.1) is 0 Å². The number of aryl methyl sites for hydroxylation is 1. The Hall–Kier alpha value is -1.81. The lowest BCUT2D eigenvalue weighted by atomic mass is 10.2. The average Bonchev–Trinajstić information content (AvgIpc) is 2.42. The Labute approximate surface area is 114 Å². The fraction of sp³-hybridized carbons (Fsp3) is 0.200. The molecule has 100 valence electrons. The lowest BCUT2D eigenvalue weighted by Crippen LogP contribution is -2.30. The number of rotatable bonds is 4. The highest BCUT2D eigenvalue weighted by Gasteiger charge is 2.22. The lowest BCUT2D eigenvalue weighted by Gasteiger charge is -2.23. The maximum Gasteiger partial charge on any atom is 0.264 e. The molecule has 0 saturated carbocycles. The highest BCUT2D eigenvalue weighted by Crippen LogP contribution is 2.23. The van der Waals surface area contributed by atoms with Gasteiger partial charge in [0.15, 0.2) is 0 Å². The molecule has 0 unspecified atom stereocenters. The maximum atomic E-state index is 12.6. The van der Waals surface area contributed by atoms with Gasteiger partial charge in [0.1, 0.15) is 0 Å². The minimum absolute atomic E-state index is 0.317. The van der Waals surface area contributed by atoms with Crippen molar-refractivity contribution in [2.45, 2.75) is 18.7 Å². The molecule has 2 aromatic rings. The molecule has 0 saturated heterocycles. The zero-order chi connectivity index (χ0) is 13.9. The minimum atomic E-state index is -3.48. The molecule has 0 fully saturated rings. The summed E-state index contributed by atoms with van der Waals surface area (Å²) in [6, 6.07) is 16.0. The third kappa shape index (κ3) is 2.79. The van der Waals surface area contributed by atoms with Crippen LogP contribution in [0, 0.1) is 6.92 Å². The molecular weight excluding hydrogens is 258 g/mol. The second-order valence-electron chi connectivity index (χ2n) is 4.32. The number of anilines is 1. The van der Waals surface area contributed by atoms with E-state index < -0.39 is 10.0 Å². The van der Waals surface area contributed by atoms with E-state index in [1.165, 1.54) is 4.31 Å². The molecule has 0 bridgehead atoms. The van der Waals surface area contributed by atoms with Gasteiger partial charge in [-0.2, -0.15) is 0 Å². The van der Waals surface area contributed by atoms with Gasteiger partial charge in [-0.3, -0.25) is 4.31 Å². The van der Waals surface area contributed by atoms with Gasteiger partial charge >= 0.3 is 0 Å². The normalized spacial score (nSPS) is 11.3. The van der Waals surface area contributed by atoms with Crippen LogP contribution in [-0.2, 0) is 10.0 Å². The van der Waals surface area contributed by atoms with Crippen molar-refractivity contribution >= 4 is 15.7 Å². The van der Waals surface area contributed by atoms with Crippen LogP contribution in [0.5, 0.6) is 0 Å². The van der Waals surface area contributed by atoms with Crippen LogP contribution in [0.15, 0.2) is 59.5 Å². The summed E-state index contributed by atoms with van der Waals surface area (Å²) in [6.07, 6.45) is 0. The molecule has 0 aromatic heterocycles. The first-order valence-electron chi connectivity index (χ1n) is 6.20. The molecule has 0 amide bonds. The molecule has 0 aliphatic carbocycles. The van der Waals surface area contributed by atoms with Crippen molar-refractivity contribution in [2.24, 2.45) is 0 Å². The fourth-order valence-electron chi connectivity index (χ4n) is 1.92. The second-order valence-corrected chi connectivity index (χ2v) is 6.18. The van der Waals surface area contributed by atoms with E-state index in [-0.39, 0.29) is 0 Å². The Morgan fingerprint density at radius 3 is 2.05 bits per heavy atom. The molecule has 2 rings (SSSR count). The molecule has 0 heterocycles. The maximum absolute atomic E-state index is 12.6. The number of hydrogen-bond acceptors (Lipinski definition) is 2. The molecule has 0 N–H and O–H groups in total. The van der Waals surface area contributed by atoms with E-state index in [0.717, 1.165) is 5.56 Å². The van der Waals surface area contributed by atoms with Crippen molar-refractivity contribution in [3.8, 4) is 0 Å². The van der Waals surface area contributed by atoms with Gasteiger partial charge in [-0.05, 0) is 38.1 Å². The van der Waals surface area contributed by atoms with E-state index in [2.05, 4.69) is 0 Å². The van der Waals surface area contributed by atoms with Crippen LogP contribution in [0.25, 0.3) is 0 Å². The predicted molar refractivity (Wildman–Crippen MR) is 77.8 cm³/mol. The Morgan fingerprint density at radius 1 is 0.947 bits per heavy atom. The summed E-state index contributed by atoms with van der Waals surface area (Å²) < 4.78 is 26.6. The Balaban J connectivity index is 2.45. The second kappa shape index (κ2) is 5.45. The highest BCUT2D eigenvalue weighted by atomic mass is 32.2. The van der Waals surface area contributed by atoms with Crippen LogP contribution >= 0.6 is 0 Å². The zero-order valence-corrected chi connectivity index (χ0v) is 11.9. The van der Waals surface area contributed by atoms with Crippen LogP contribution in [-0.4, -0.2) is 15.0 Å². The summed E-state index contributed by atoms with van der Waals surface area (Å²) in [6.45, 7) is 4.21. The zero-order valence-electron chi connectivity index (χ0n) is 11.1. The van der Waals surface area contributed by atoms with Gasteiger partial charge in [0.2, 0.25) is 0 Å². The van der Waals surface area contributed by atoms with Crippen LogP contribution in [0.1, 0.15) is 12.5 Å². The van der Waals surface area contributed by atoms with E-state index in [4.69, 9.17) is 0 Å². The predicted octanol–water partition coefficient (Wildman–Crippen LogP) is 3.21. The van der Waals surface area contributed by atoms with E-state index >= 15 is 0 Å². The van der Waals surface area contributed by atoms with Gasteiger partial charge < -0.3 is 0 Å². The van der Waals surface area contributed by atoms with Crippen LogP contribution in [0.4, 0.5) is 5.69 Å². The summed E-state index contributed by atoms with van der Waals surface area (Å²) in [5.41, 5.74) is 1.80. The Kier molecular flexibility index (Phi) is 3.90. The van der Waals surface area contributed by atoms with E-state index in [9.17, 15) is 8.42 Å². The molecule has 3 nitrogen and oxygen atoms in total. The summed E-state index contributed by atoms with van der Waals surface area (Å²) in [7, 11) is -3.48. The third-order valence-corrected chi connectivity index (χ3v) is 4.86. The standard InChI is InChI=1S/C15H17NO2S/c1-3-16(14-11-9-13(2)10-12-14)19(17,18)15-7-5-4-6-8-15/h4-12H,3H2,1-2H3. The Morgan fingerprint density at radius 2 is 1.53 bits per heavy atom. The number of hydrogen-bond donors (Lipinski definition) is 0. The topological polar surface area (TPSA) is 37.4 Å². The number of benzene rings is 2.